The van der Waals surface area contributed by atoms with Crippen LogP contribution in [0.15, 0.2) is 18.2 Å². The smallest absolute Gasteiger partial charge is 0.397 e. The first kappa shape index (κ1) is 14.4. The molecule has 0 amide bonds. The van der Waals surface area contributed by atoms with Gasteiger partial charge in [0, 0.05) is 6.54 Å². The molecule has 19 heavy (non-hydrogen) atoms. The summed E-state index contributed by atoms with van der Waals surface area (Å²) in [4.78, 5) is 0. The molecule has 1 aliphatic heterocycles. The van der Waals surface area contributed by atoms with Gasteiger partial charge < -0.3 is 11.1 Å². The summed E-state index contributed by atoms with van der Waals surface area (Å²) in [6.07, 6.45) is -2.04. The summed E-state index contributed by atoms with van der Waals surface area (Å²) >= 11 is 1.95. The number of alkyl halides is 3. The molecule has 6 heteroatoms. The van der Waals surface area contributed by atoms with Gasteiger partial charge in [-0.1, -0.05) is 0 Å². The average molecular weight is 290 g/mol. The molecule has 0 bridgehead atoms. The molecular formula is C13H17F3N2S. The molecule has 1 fully saturated rings. The fraction of sp³-hybridized carbons (Fsp3) is 0.538. The van der Waals surface area contributed by atoms with E-state index in [1.807, 2.05) is 11.8 Å². The van der Waals surface area contributed by atoms with Crippen molar-refractivity contribution in [1.82, 2.24) is 0 Å². The average Bonchev–Trinajstić information content (AvgIpc) is 2.37. The minimum atomic E-state index is -4.34. The van der Waals surface area contributed by atoms with Gasteiger partial charge in [-0.2, -0.15) is 24.9 Å². The molecule has 1 aromatic carbocycles. The number of rotatable bonds is 3. The molecule has 1 heterocycles. The Bertz CT molecular complexity index is 428. The third-order valence-corrected chi connectivity index (χ3v) is 4.35. The van der Waals surface area contributed by atoms with Crippen LogP contribution >= 0.6 is 11.8 Å². The maximum Gasteiger partial charge on any atom is 0.416 e. The van der Waals surface area contributed by atoms with E-state index in [1.54, 1.807) is 0 Å². The topological polar surface area (TPSA) is 38.0 Å². The Balaban J connectivity index is 1.97. The lowest BCUT2D eigenvalue weighted by Crippen LogP contribution is -2.19. The van der Waals surface area contributed by atoms with Crippen LogP contribution in [0.5, 0.6) is 0 Å². The molecule has 0 saturated carbocycles. The predicted octanol–water partition coefficient (Wildman–Crippen LogP) is 3.84. The standard InChI is InChI=1S/C13H17F3N2S/c14-13(15,16)10-1-2-12(11(17)7-10)18-8-9-3-5-19-6-4-9/h1-2,7,9,18H,3-6,8,17H2. The zero-order valence-electron chi connectivity index (χ0n) is 10.5. The number of nitrogen functional groups attached to an aromatic ring is 1. The number of hydrogen-bond donors (Lipinski definition) is 2. The number of anilines is 2. The van der Waals surface area contributed by atoms with E-state index in [0.29, 0.717) is 11.6 Å². The van der Waals surface area contributed by atoms with Crippen molar-refractivity contribution in [2.75, 3.05) is 29.1 Å². The van der Waals surface area contributed by atoms with Gasteiger partial charge in [0.15, 0.2) is 0 Å². The Kier molecular flexibility index (Phi) is 4.50. The number of halogens is 3. The molecule has 1 aromatic rings. The zero-order valence-corrected chi connectivity index (χ0v) is 11.3. The van der Waals surface area contributed by atoms with Gasteiger partial charge in [0.1, 0.15) is 0 Å². The largest absolute Gasteiger partial charge is 0.416 e. The molecule has 0 aliphatic carbocycles. The summed E-state index contributed by atoms with van der Waals surface area (Å²) in [7, 11) is 0. The summed E-state index contributed by atoms with van der Waals surface area (Å²) in [5.74, 6) is 2.91. The summed E-state index contributed by atoms with van der Waals surface area (Å²) < 4.78 is 37.5. The highest BCUT2D eigenvalue weighted by molar-refractivity contribution is 7.99. The van der Waals surface area contributed by atoms with Crippen LogP contribution in [0.2, 0.25) is 0 Å². The van der Waals surface area contributed by atoms with Crippen molar-refractivity contribution in [3.05, 3.63) is 23.8 Å². The first-order chi connectivity index (χ1) is 8.97. The van der Waals surface area contributed by atoms with E-state index in [-0.39, 0.29) is 5.69 Å². The molecule has 0 atom stereocenters. The van der Waals surface area contributed by atoms with Crippen molar-refractivity contribution in [2.24, 2.45) is 5.92 Å². The number of nitrogens with two attached hydrogens (primary N) is 1. The van der Waals surface area contributed by atoms with Crippen LogP contribution in [0.4, 0.5) is 24.5 Å². The van der Waals surface area contributed by atoms with Crippen LogP contribution in [-0.4, -0.2) is 18.1 Å². The van der Waals surface area contributed by atoms with Crippen molar-refractivity contribution >= 4 is 23.1 Å². The van der Waals surface area contributed by atoms with Crippen molar-refractivity contribution in [3.8, 4) is 0 Å². The van der Waals surface area contributed by atoms with Crippen LogP contribution in [-0.2, 0) is 6.18 Å². The summed E-state index contributed by atoms with van der Waals surface area (Å²) in [5.41, 5.74) is 5.70. The molecule has 3 N–H and O–H groups in total. The van der Waals surface area contributed by atoms with Crippen molar-refractivity contribution in [3.63, 3.8) is 0 Å². The molecule has 1 saturated heterocycles. The van der Waals surface area contributed by atoms with E-state index in [1.165, 1.54) is 6.07 Å². The fourth-order valence-electron chi connectivity index (χ4n) is 2.10. The van der Waals surface area contributed by atoms with E-state index in [4.69, 9.17) is 5.73 Å². The summed E-state index contributed by atoms with van der Waals surface area (Å²) in [6.45, 7) is 0.774. The molecule has 0 unspecified atom stereocenters. The molecule has 1 aliphatic rings. The molecular weight excluding hydrogens is 273 g/mol. The van der Waals surface area contributed by atoms with Gasteiger partial charge in [-0.15, -0.1) is 0 Å². The Morgan fingerprint density at radius 1 is 1.26 bits per heavy atom. The molecule has 2 rings (SSSR count). The van der Waals surface area contributed by atoms with Gasteiger partial charge in [-0.25, -0.2) is 0 Å². The first-order valence-electron chi connectivity index (χ1n) is 6.25. The molecule has 0 spiro atoms. The normalized spacial score (nSPS) is 17.4. The fourth-order valence-corrected chi connectivity index (χ4v) is 3.31. The monoisotopic (exact) mass is 290 g/mol. The second-order valence-electron chi connectivity index (χ2n) is 4.74. The van der Waals surface area contributed by atoms with Crippen molar-refractivity contribution in [1.29, 1.82) is 0 Å². The highest BCUT2D eigenvalue weighted by atomic mass is 32.2. The van der Waals surface area contributed by atoms with Gasteiger partial charge in [-0.05, 0) is 48.5 Å². The van der Waals surface area contributed by atoms with Gasteiger partial charge in [0.25, 0.3) is 0 Å². The lowest BCUT2D eigenvalue weighted by atomic mass is 10.0. The summed E-state index contributed by atoms with van der Waals surface area (Å²) in [6, 6.07) is 3.46. The van der Waals surface area contributed by atoms with Gasteiger partial charge in [0.2, 0.25) is 0 Å². The van der Waals surface area contributed by atoms with Crippen LogP contribution in [0.3, 0.4) is 0 Å². The lowest BCUT2D eigenvalue weighted by molar-refractivity contribution is -0.137. The Labute approximate surface area is 114 Å². The van der Waals surface area contributed by atoms with Crippen LogP contribution in [0.25, 0.3) is 0 Å². The highest BCUT2D eigenvalue weighted by Crippen LogP contribution is 2.33. The quantitative estimate of drug-likeness (QED) is 0.831. The van der Waals surface area contributed by atoms with E-state index >= 15 is 0 Å². The van der Waals surface area contributed by atoms with Crippen LogP contribution in [0, 0.1) is 5.92 Å². The van der Waals surface area contributed by atoms with E-state index in [9.17, 15) is 13.2 Å². The van der Waals surface area contributed by atoms with Crippen molar-refractivity contribution < 1.29 is 13.2 Å². The maximum absolute atomic E-state index is 12.5. The maximum atomic E-state index is 12.5. The lowest BCUT2D eigenvalue weighted by Gasteiger charge is -2.22. The van der Waals surface area contributed by atoms with E-state index in [0.717, 1.165) is 43.0 Å². The number of hydrogen-bond acceptors (Lipinski definition) is 3. The third kappa shape index (κ3) is 3.96. The van der Waals surface area contributed by atoms with Gasteiger partial charge in [0.05, 0.1) is 16.9 Å². The summed E-state index contributed by atoms with van der Waals surface area (Å²) in [5, 5.41) is 3.16. The number of nitrogens with one attached hydrogen (secondary N) is 1. The second kappa shape index (κ2) is 5.94. The number of benzene rings is 1. The van der Waals surface area contributed by atoms with Crippen LogP contribution < -0.4 is 11.1 Å². The predicted molar refractivity (Wildman–Crippen MR) is 74.4 cm³/mol. The number of thioether (sulfide) groups is 1. The Morgan fingerprint density at radius 2 is 1.95 bits per heavy atom. The second-order valence-corrected chi connectivity index (χ2v) is 5.96. The van der Waals surface area contributed by atoms with E-state index in [2.05, 4.69) is 5.32 Å². The Morgan fingerprint density at radius 3 is 2.53 bits per heavy atom. The molecule has 106 valence electrons. The Hall–Kier alpha value is -1.04. The van der Waals surface area contributed by atoms with Gasteiger partial charge >= 0.3 is 6.18 Å². The van der Waals surface area contributed by atoms with E-state index < -0.39 is 11.7 Å². The molecule has 0 aromatic heterocycles. The van der Waals surface area contributed by atoms with Crippen LogP contribution in [0.1, 0.15) is 18.4 Å². The molecule has 2 nitrogen and oxygen atoms in total. The van der Waals surface area contributed by atoms with Crippen molar-refractivity contribution in [2.45, 2.75) is 19.0 Å². The van der Waals surface area contributed by atoms with Gasteiger partial charge in [-0.3, -0.25) is 0 Å². The first-order valence-corrected chi connectivity index (χ1v) is 7.40. The third-order valence-electron chi connectivity index (χ3n) is 3.30. The minimum absolute atomic E-state index is 0.153. The SMILES string of the molecule is Nc1cc(C(F)(F)F)ccc1NCC1CCSCC1. The minimum Gasteiger partial charge on any atom is -0.397 e. The molecule has 0 radical (unpaired) electrons. The zero-order chi connectivity index (χ0) is 13.9. The highest BCUT2D eigenvalue weighted by Gasteiger charge is 2.30.